The van der Waals surface area contributed by atoms with Crippen LogP contribution < -0.4 is 0 Å². The van der Waals surface area contributed by atoms with Gasteiger partial charge in [-0.1, -0.05) is 13.0 Å². The standard InChI is InChI=1S/C12H14N4/c1-2-12-13-14-15-16(12)11-7-6-9-4-3-5-10(9)8-11/h6-8H,2-5H2,1H3. The molecule has 0 aliphatic heterocycles. The van der Waals surface area contributed by atoms with Crippen molar-refractivity contribution in [1.29, 1.82) is 0 Å². The van der Waals surface area contributed by atoms with Crippen LogP contribution in [0.2, 0.25) is 0 Å². The number of rotatable bonds is 2. The van der Waals surface area contributed by atoms with Gasteiger partial charge in [0, 0.05) is 6.42 Å². The van der Waals surface area contributed by atoms with Gasteiger partial charge in [0.2, 0.25) is 0 Å². The Kier molecular flexibility index (Phi) is 2.20. The lowest BCUT2D eigenvalue weighted by molar-refractivity contribution is 0.765. The Morgan fingerprint density at radius 2 is 2.12 bits per heavy atom. The maximum Gasteiger partial charge on any atom is 0.156 e. The molecule has 0 amide bonds. The summed E-state index contributed by atoms with van der Waals surface area (Å²) in [4.78, 5) is 0. The molecule has 1 aliphatic rings. The monoisotopic (exact) mass is 214 g/mol. The number of nitrogens with zero attached hydrogens (tertiary/aromatic N) is 4. The van der Waals surface area contributed by atoms with Gasteiger partial charge in [0.1, 0.15) is 0 Å². The molecule has 0 saturated carbocycles. The summed E-state index contributed by atoms with van der Waals surface area (Å²) in [5.41, 5.74) is 4.02. The van der Waals surface area contributed by atoms with Crippen LogP contribution in [0.1, 0.15) is 30.3 Å². The van der Waals surface area contributed by atoms with Gasteiger partial charge in [-0.2, -0.15) is 4.68 Å². The highest BCUT2D eigenvalue weighted by Crippen LogP contribution is 2.24. The van der Waals surface area contributed by atoms with Crippen LogP contribution in [0.4, 0.5) is 0 Å². The highest BCUT2D eigenvalue weighted by molar-refractivity contribution is 5.42. The second-order valence-electron chi connectivity index (χ2n) is 4.17. The van der Waals surface area contributed by atoms with Gasteiger partial charge in [-0.05, 0) is 52.9 Å². The van der Waals surface area contributed by atoms with Gasteiger partial charge in [-0.3, -0.25) is 0 Å². The van der Waals surface area contributed by atoms with Crippen molar-refractivity contribution in [3.8, 4) is 5.69 Å². The third-order valence-corrected chi connectivity index (χ3v) is 3.18. The average Bonchev–Trinajstić information content (AvgIpc) is 2.96. The van der Waals surface area contributed by atoms with Crippen LogP contribution in [0, 0.1) is 0 Å². The first-order valence-electron chi connectivity index (χ1n) is 5.78. The lowest BCUT2D eigenvalue weighted by Crippen LogP contribution is -2.02. The minimum Gasteiger partial charge on any atom is -0.197 e. The third kappa shape index (κ3) is 1.41. The smallest absolute Gasteiger partial charge is 0.156 e. The summed E-state index contributed by atoms with van der Waals surface area (Å²) in [6, 6.07) is 6.54. The molecule has 1 heterocycles. The van der Waals surface area contributed by atoms with Gasteiger partial charge in [-0.25, -0.2) is 0 Å². The molecular weight excluding hydrogens is 200 g/mol. The van der Waals surface area contributed by atoms with Crippen LogP contribution in [-0.4, -0.2) is 20.2 Å². The third-order valence-electron chi connectivity index (χ3n) is 3.18. The van der Waals surface area contributed by atoms with Crippen molar-refractivity contribution in [3.63, 3.8) is 0 Å². The maximum atomic E-state index is 4.04. The molecule has 3 rings (SSSR count). The summed E-state index contributed by atoms with van der Waals surface area (Å²) in [5.74, 6) is 0.915. The fraction of sp³-hybridized carbons (Fsp3) is 0.417. The second kappa shape index (κ2) is 3.70. The molecule has 16 heavy (non-hydrogen) atoms. The molecule has 1 aromatic carbocycles. The highest BCUT2D eigenvalue weighted by Gasteiger charge is 2.13. The summed E-state index contributed by atoms with van der Waals surface area (Å²) in [5, 5.41) is 11.8. The van der Waals surface area contributed by atoms with E-state index < -0.39 is 0 Å². The number of tetrazole rings is 1. The number of hydrogen-bond acceptors (Lipinski definition) is 3. The van der Waals surface area contributed by atoms with E-state index in [1.54, 1.807) is 0 Å². The average molecular weight is 214 g/mol. The largest absolute Gasteiger partial charge is 0.197 e. The van der Waals surface area contributed by atoms with Crippen LogP contribution in [0.3, 0.4) is 0 Å². The zero-order valence-electron chi connectivity index (χ0n) is 9.35. The van der Waals surface area contributed by atoms with Crippen LogP contribution >= 0.6 is 0 Å². The van der Waals surface area contributed by atoms with Gasteiger partial charge >= 0.3 is 0 Å². The predicted octanol–water partition coefficient (Wildman–Crippen LogP) is 1.71. The van der Waals surface area contributed by atoms with E-state index >= 15 is 0 Å². The Morgan fingerprint density at radius 3 is 3.00 bits per heavy atom. The van der Waals surface area contributed by atoms with Crippen LogP contribution in [0.25, 0.3) is 5.69 Å². The summed E-state index contributed by atoms with van der Waals surface area (Å²) >= 11 is 0. The van der Waals surface area contributed by atoms with Crippen LogP contribution in [0.15, 0.2) is 18.2 Å². The fourth-order valence-corrected chi connectivity index (χ4v) is 2.32. The summed E-state index contributed by atoms with van der Waals surface area (Å²) in [6.45, 7) is 2.07. The molecule has 82 valence electrons. The number of aryl methyl sites for hydroxylation is 3. The van der Waals surface area contributed by atoms with Gasteiger partial charge < -0.3 is 0 Å². The summed E-state index contributed by atoms with van der Waals surface area (Å²) in [7, 11) is 0. The summed E-state index contributed by atoms with van der Waals surface area (Å²) < 4.78 is 1.83. The van der Waals surface area contributed by atoms with Crippen molar-refractivity contribution in [2.45, 2.75) is 32.6 Å². The first-order chi connectivity index (χ1) is 7.88. The molecule has 0 spiro atoms. The molecule has 0 saturated heterocycles. The SMILES string of the molecule is CCc1nnnn1-c1ccc2c(c1)CCC2. The Hall–Kier alpha value is -1.71. The predicted molar refractivity (Wildman–Crippen MR) is 60.6 cm³/mol. The van der Waals surface area contributed by atoms with Gasteiger partial charge in [0.15, 0.2) is 5.82 Å². The molecule has 4 heteroatoms. The molecule has 0 N–H and O–H groups in total. The van der Waals surface area contributed by atoms with Crippen molar-refractivity contribution >= 4 is 0 Å². The normalized spacial score (nSPS) is 14.1. The maximum absolute atomic E-state index is 4.04. The van der Waals surface area contributed by atoms with E-state index in [1.165, 1.54) is 30.4 Å². The van der Waals surface area contributed by atoms with E-state index in [4.69, 9.17) is 0 Å². The van der Waals surface area contributed by atoms with E-state index in [9.17, 15) is 0 Å². The topological polar surface area (TPSA) is 43.6 Å². The van der Waals surface area contributed by atoms with Crippen molar-refractivity contribution in [1.82, 2.24) is 20.2 Å². The fourth-order valence-electron chi connectivity index (χ4n) is 2.32. The molecule has 0 atom stereocenters. The Bertz CT molecular complexity index is 515. The molecule has 0 bridgehead atoms. The lowest BCUT2D eigenvalue weighted by atomic mass is 10.1. The first-order valence-corrected chi connectivity index (χ1v) is 5.78. The molecule has 4 nitrogen and oxygen atoms in total. The van der Waals surface area contributed by atoms with E-state index in [-0.39, 0.29) is 0 Å². The van der Waals surface area contributed by atoms with E-state index in [0.29, 0.717) is 0 Å². The van der Waals surface area contributed by atoms with Crippen molar-refractivity contribution in [2.75, 3.05) is 0 Å². The van der Waals surface area contributed by atoms with Crippen LogP contribution in [0.5, 0.6) is 0 Å². The second-order valence-corrected chi connectivity index (χ2v) is 4.17. The Balaban J connectivity index is 2.07. The number of benzene rings is 1. The van der Waals surface area contributed by atoms with Crippen LogP contribution in [-0.2, 0) is 19.3 Å². The molecule has 1 aliphatic carbocycles. The molecule has 1 aromatic heterocycles. The van der Waals surface area contributed by atoms with Gasteiger partial charge in [0.05, 0.1) is 5.69 Å². The Labute approximate surface area is 94.3 Å². The minimum atomic E-state index is 0.851. The number of aromatic nitrogens is 4. The lowest BCUT2D eigenvalue weighted by Gasteiger charge is -2.05. The summed E-state index contributed by atoms with van der Waals surface area (Å²) in [6.07, 6.45) is 4.53. The molecule has 0 unspecified atom stereocenters. The zero-order valence-corrected chi connectivity index (χ0v) is 9.35. The minimum absolute atomic E-state index is 0.851. The van der Waals surface area contributed by atoms with E-state index in [2.05, 4.69) is 40.6 Å². The van der Waals surface area contributed by atoms with E-state index in [0.717, 1.165) is 17.9 Å². The first kappa shape index (κ1) is 9.51. The van der Waals surface area contributed by atoms with Gasteiger partial charge in [0.25, 0.3) is 0 Å². The zero-order chi connectivity index (χ0) is 11.0. The number of fused-ring (bicyclic) bond motifs is 1. The molecule has 0 radical (unpaired) electrons. The van der Waals surface area contributed by atoms with Gasteiger partial charge in [-0.15, -0.1) is 5.10 Å². The van der Waals surface area contributed by atoms with Crippen molar-refractivity contribution in [3.05, 3.63) is 35.2 Å². The molecular formula is C12H14N4. The molecule has 0 fully saturated rings. The van der Waals surface area contributed by atoms with E-state index in [1.807, 2.05) is 4.68 Å². The molecule has 2 aromatic rings. The Morgan fingerprint density at radius 1 is 1.25 bits per heavy atom. The quantitative estimate of drug-likeness (QED) is 0.764. The highest BCUT2D eigenvalue weighted by atomic mass is 15.5. The van der Waals surface area contributed by atoms with Crippen molar-refractivity contribution < 1.29 is 0 Å². The van der Waals surface area contributed by atoms with Crippen molar-refractivity contribution in [2.24, 2.45) is 0 Å². The number of hydrogen-bond donors (Lipinski definition) is 0.